The third-order valence-corrected chi connectivity index (χ3v) is 8.60. The number of halogens is 2. The van der Waals surface area contributed by atoms with Crippen LogP contribution in [0.2, 0.25) is 10.0 Å². The van der Waals surface area contributed by atoms with Gasteiger partial charge in [-0.25, -0.2) is 9.94 Å². The van der Waals surface area contributed by atoms with Gasteiger partial charge < -0.3 is 0 Å². The molecule has 11 heteroatoms. The van der Waals surface area contributed by atoms with Gasteiger partial charge in [-0.1, -0.05) is 41.4 Å². The lowest BCUT2D eigenvalue weighted by atomic mass is 9.95. The van der Waals surface area contributed by atoms with Crippen molar-refractivity contribution in [1.82, 2.24) is 24.9 Å². The van der Waals surface area contributed by atoms with Crippen LogP contribution >= 0.6 is 23.2 Å². The van der Waals surface area contributed by atoms with E-state index in [-0.39, 0.29) is 17.0 Å². The number of aromatic amines is 1. The number of hydrogen-bond donors (Lipinski definition) is 1. The molecule has 43 heavy (non-hydrogen) atoms. The number of aromatic nitrogens is 4. The summed E-state index contributed by atoms with van der Waals surface area (Å²) in [7, 11) is 1.79. The Morgan fingerprint density at radius 3 is 2.40 bits per heavy atom. The summed E-state index contributed by atoms with van der Waals surface area (Å²) in [5.41, 5.74) is 4.48. The number of H-pyrrole nitrogens is 1. The van der Waals surface area contributed by atoms with Gasteiger partial charge in [0.2, 0.25) is 0 Å². The summed E-state index contributed by atoms with van der Waals surface area (Å²) in [4.78, 5) is 44.1. The Balaban J connectivity index is 1.37. The molecule has 0 saturated heterocycles. The SMILES string of the molecule is [C-]#[N+]c1c(CC2CC2)cc(Cl)cc1-c1c(-c2cc(Cl)c3c(=O)[nH]nc(CN4C(=O)c5ccccc5C4=O)c3c2)cnn1C. The van der Waals surface area contributed by atoms with Gasteiger partial charge in [0.25, 0.3) is 17.4 Å². The van der Waals surface area contributed by atoms with Gasteiger partial charge in [-0.15, -0.1) is 0 Å². The normalized spacial score (nSPS) is 14.4. The Morgan fingerprint density at radius 1 is 1.00 bits per heavy atom. The van der Waals surface area contributed by atoms with Gasteiger partial charge in [-0.2, -0.15) is 10.2 Å². The maximum absolute atomic E-state index is 13.1. The van der Waals surface area contributed by atoms with Crippen molar-refractivity contribution in [3.8, 4) is 22.4 Å². The molecule has 2 aromatic heterocycles. The fraction of sp³-hybridized carbons (Fsp3) is 0.188. The first-order valence-corrected chi connectivity index (χ1v) is 14.4. The zero-order valence-electron chi connectivity index (χ0n) is 22.8. The molecule has 1 saturated carbocycles. The first-order chi connectivity index (χ1) is 20.7. The second-order valence-corrected chi connectivity index (χ2v) is 11.7. The van der Waals surface area contributed by atoms with Gasteiger partial charge in [0.1, 0.15) is 0 Å². The molecule has 9 nitrogen and oxygen atoms in total. The molecule has 2 aliphatic rings. The number of fused-ring (bicyclic) bond motifs is 2. The predicted octanol–water partition coefficient (Wildman–Crippen LogP) is 6.60. The highest BCUT2D eigenvalue weighted by molar-refractivity contribution is 6.36. The second kappa shape index (κ2) is 10.2. The van der Waals surface area contributed by atoms with Crippen molar-refractivity contribution in [3.63, 3.8) is 0 Å². The van der Waals surface area contributed by atoms with Crippen LogP contribution in [0.3, 0.4) is 0 Å². The van der Waals surface area contributed by atoms with Crippen LogP contribution in [0, 0.1) is 12.5 Å². The van der Waals surface area contributed by atoms with Crippen molar-refractivity contribution in [2.45, 2.75) is 25.8 Å². The molecule has 3 heterocycles. The van der Waals surface area contributed by atoms with E-state index in [4.69, 9.17) is 29.8 Å². The number of rotatable bonds is 6. The fourth-order valence-electron chi connectivity index (χ4n) is 5.83. The molecule has 7 rings (SSSR count). The van der Waals surface area contributed by atoms with E-state index < -0.39 is 17.4 Å². The summed E-state index contributed by atoms with van der Waals surface area (Å²) in [6.07, 6.45) is 4.74. The van der Waals surface area contributed by atoms with E-state index >= 15 is 0 Å². The average molecular weight is 609 g/mol. The van der Waals surface area contributed by atoms with Gasteiger partial charge in [0, 0.05) is 28.6 Å². The topological polar surface area (TPSA) is 105 Å². The van der Waals surface area contributed by atoms with Crippen LogP contribution in [0.4, 0.5) is 5.69 Å². The Morgan fingerprint density at radius 2 is 1.72 bits per heavy atom. The minimum atomic E-state index is -0.501. The number of nitrogens with one attached hydrogen (secondary N) is 1. The monoisotopic (exact) mass is 608 g/mol. The summed E-state index contributed by atoms with van der Waals surface area (Å²) in [6, 6.07) is 13.7. The van der Waals surface area contributed by atoms with Gasteiger partial charge in [0.05, 0.1) is 52.2 Å². The summed E-state index contributed by atoms with van der Waals surface area (Å²) in [5, 5.41) is 12.5. The predicted molar refractivity (Wildman–Crippen MR) is 163 cm³/mol. The quantitative estimate of drug-likeness (QED) is 0.173. The number of benzene rings is 3. The molecule has 1 aliphatic heterocycles. The highest BCUT2D eigenvalue weighted by Gasteiger charge is 2.36. The first kappa shape index (κ1) is 27.1. The molecule has 1 aliphatic carbocycles. The highest BCUT2D eigenvalue weighted by atomic mass is 35.5. The van der Waals surface area contributed by atoms with Gasteiger partial charge in [-0.3, -0.25) is 24.0 Å². The van der Waals surface area contributed by atoms with Crippen LogP contribution in [-0.4, -0.2) is 36.7 Å². The molecular weight excluding hydrogens is 587 g/mol. The Labute approximate surface area is 255 Å². The van der Waals surface area contributed by atoms with Crippen LogP contribution in [0.15, 0.2) is 59.5 Å². The molecule has 212 valence electrons. The average Bonchev–Trinajstić information content (AvgIpc) is 3.67. The number of amides is 2. The van der Waals surface area contributed by atoms with Crippen LogP contribution in [0.1, 0.15) is 44.8 Å². The molecular formula is C32H22Cl2N6O3. The van der Waals surface area contributed by atoms with Crippen LogP contribution in [0.25, 0.3) is 38.0 Å². The molecule has 3 aromatic carbocycles. The minimum absolute atomic E-state index is 0.167. The van der Waals surface area contributed by atoms with Gasteiger partial charge in [-0.05, 0) is 66.6 Å². The van der Waals surface area contributed by atoms with E-state index in [0.717, 1.165) is 29.7 Å². The highest BCUT2D eigenvalue weighted by Crippen LogP contribution is 2.44. The summed E-state index contributed by atoms with van der Waals surface area (Å²) < 4.78 is 1.68. The maximum atomic E-state index is 13.1. The molecule has 5 aromatic rings. The van der Waals surface area contributed by atoms with Crippen molar-refractivity contribution in [2.75, 3.05) is 0 Å². The molecule has 0 atom stereocenters. The molecule has 2 amide bonds. The number of carbonyl (C=O) groups is 2. The number of carbonyl (C=O) groups excluding carboxylic acids is 2. The fourth-order valence-corrected chi connectivity index (χ4v) is 6.38. The van der Waals surface area contributed by atoms with Crippen LogP contribution < -0.4 is 5.56 Å². The molecule has 0 bridgehead atoms. The Hall–Kier alpha value is -4.78. The lowest BCUT2D eigenvalue weighted by molar-refractivity contribution is 0.0640. The maximum Gasteiger partial charge on any atom is 0.273 e. The molecule has 0 unspecified atom stereocenters. The van der Waals surface area contributed by atoms with Crippen molar-refractivity contribution in [1.29, 1.82) is 0 Å². The smallest absolute Gasteiger partial charge is 0.269 e. The molecule has 1 N–H and O–H groups in total. The molecule has 0 spiro atoms. The molecule has 1 fully saturated rings. The third-order valence-electron chi connectivity index (χ3n) is 8.08. The first-order valence-electron chi connectivity index (χ1n) is 13.6. The van der Waals surface area contributed by atoms with E-state index in [1.54, 1.807) is 60.4 Å². The number of imide groups is 1. The van der Waals surface area contributed by atoms with E-state index in [0.29, 0.717) is 61.2 Å². The third kappa shape index (κ3) is 4.51. The molecule has 0 radical (unpaired) electrons. The minimum Gasteiger partial charge on any atom is -0.269 e. The van der Waals surface area contributed by atoms with E-state index in [1.165, 1.54) is 0 Å². The van der Waals surface area contributed by atoms with Crippen molar-refractivity contribution < 1.29 is 9.59 Å². The zero-order valence-corrected chi connectivity index (χ0v) is 24.3. The summed E-state index contributed by atoms with van der Waals surface area (Å²) in [6.45, 7) is 7.85. The van der Waals surface area contributed by atoms with E-state index in [1.807, 2.05) is 6.07 Å². The Kier molecular flexibility index (Phi) is 6.42. The van der Waals surface area contributed by atoms with Crippen molar-refractivity contribution >= 4 is 51.5 Å². The number of aryl methyl sites for hydroxylation is 1. The standard InChI is InChI=1S/C32H22Cl2N6O3/c1-35-28-18(9-16-7-8-16)10-19(33)13-23(28)29-24(14-36-39(29)2)17-11-22-26(37-38-30(41)27(22)25(34)12-17)15-40-31(42)20-5-3-4-6-21(20)32(40)43/h3-6,10-14,16H,7-9,15H2,2H3,(H,38,41). The van der Waals surface area contributed by atoms with Gasteiger partial charge >= 0.3 is 0 Å². The zero-order chi connectivity index (χ0) is 30.0. The van der Waals surface area contributed by atoms with Crippen molar-refractivity contribution in [2.24, 2.45) is 13.0 Å². The lowest BCUT2D eigenvalue weighted by Gasteiger charge is -2.16. The number of nitrogens with zero attached hydrogens (tertiary/aromatic N) is 5. The largest absolute Gasteiger partial charge is 0.273 e. The van der Waals surface area contributed by atoms with Gasteiger partial charge in [0.15, 0.2) is 5.69 Å². The van der Waals surface area contributed by atoms with Crippen molar-refractivity contribution in [3.05, 3.63) is 109 Å². The van der Waals surface area contributed by atoms with E-state index in [9.17, 15) is 14.4 Å². The van der Waals surface area contributed by atoms with E-state index in [2.05, 4.69) is 20.1 Å². The lowest BCUT2D eigenvalue weighted by Crippen LogP contribution is -2.30. The summed E-state index contributed by atoms with van der Waals surface area (Å²) in [5.74, 6) is -0.315. The second-order valence-electron chi connectivity index (χ2n) is 10.9. The number of hydrogen-bond acceptors (Lipinski definition) is 5. The van der Waals surface area contributed by atoms with Crippen LogP contribution in [0.5, 0.6) is 0 Å². The van der Waals surface area contributed by atoms with Crippen LogP contribution in [-0.2, 0) is 20.0 Å². The Bertz CT molecular complexity index is 2090. The summed E-state index contributed by atoms with van der Waals surface area (Å²) >= 11 is 13.3.